The van der Waals surface area contributed by atoms with Gasteiger partial charge in [0.25, 0.3) is 5.91 Å². The van der Waals surface area contributed by atoms with Crippen molar-refractivity contribution in [3.05, 3.63) is 29.3 Å². The van der Waals surface area contributed by atoms with Crippen LogP contribution >= 0.6 is 0 Å². The minimum Gasteiger partial charge on any atom is -0.368 e. The number of carbonyl (C=O) groups is 1. The van der Waals surface area contributed by atoms with Crippen molar-refractivity contribution in [2.24, 2.45) is 0 Å². The first-order chi connectivity index (χ1) is 15.2. The van der Waals surface area contributed by atoms with Crippen LogP contribution in [0.2, 0.25) is 0 Å². The van der Waals surface area contributed by atoms with Gasteiger partial charge >= 0.3 is 36.0 Å². The molecule has 1 aliphatic heterocycles. The maximum absolute atomic E-state index is 14.1. The van der Waals surface area contributed by atoms with Gasteiger partial charge in [-0.1, -0.05) is 12.1 Å². The minimum absolute atomic E-state index is 0.0188. The molecule has 1 aromatic rings. The maximum atomic E-state index is 14.1. The van der Waals surface area contributed by atoms with Gasteiger partial charge in [0.2, 0.25) is 0 Å². The van der Waals surface area contributed by atoms with Gasteiger partial charge in [-0.2, -0.15) is 43.9 Å². The third-order valence-electron chi connectivity index (χ3n) is 5.63. The fraction of sp³-hybridized carbons (Fsp3) is 0.632. The standard InChI is InChI=1S/C19H18F12N2O/c1-10-4-3-5-12(11(10)2)32-6-8-33(9-7-32)14(34)16(24,25)18(28,29)19(30,31)17(26,27)15(22,23)13(20)21/h3-5,13H,6-9H2,1-2H3. The molecule has 34 heavy (non-hydrogen) atoms. The number of hydrogen-bond acceptors (Lipinski definition) is 2. The number of alkyl halides is 12. The summed E-state index contributed by atoms with van der Waals surface area (Å²) >= 11 is 0. The fourth-order valence-electron chi connectivity index (χ4n) is 3.30. The summed E-state index contributed by atoms with van der Waals surface area (Å²) < 4.78 is 160. The maximum Gasteiger partial charge on any atom is 0.392 e. The second kappa shape index (κ2) is 8.70. The summed E-state index contributed by atoms with van der Waals surface area (Å²) in [6, 6.07) is 5.05. The van der Waals surface area contributed by atoms with Gasteiger partial charge in [-0.15, -0.1) is 0 Å². The normalized spacial score (nSPS) is 16.9. The highest BCUT2D eigenvalue weighted by Crippen LogP contribution is 2.58. The molecule has 0 unspecified atom stereocenters. The lowest BCUT2D eigenvalue weighted by molar-refractivity contribution is -0.407. The molecule has 2 rings (SSSR count). The topological polar surface area (TPSA) is 23.6 Å². The first kappa shape index (κ1) is 27.9. The summed E-state index contributed by atoms with van der Waals surface area (Å²) in [6.07, 6.45) is -5.59. The Morgan fingerprint density at radius 3 is 1.76 bits per heavy atom. The van der Waals surface area contributed by atoms with Crippen molar-refractivity contribution < 1.29 is 57.5 Å². The number of halogens is 12. The molecule has 15 heteroatoms. The minimum atomic E-state index is -7.72. The number of rotatable bonds is 7. The van der Waals surface area contributed by atoms with E-state index in [0.29, 0.717) is 5.69 Å². The summed E-state index contributed by atoms with van der Waals surface area (Å²) in [5.74, 6) is -39.5. The Bertz CT molecular complexity index is 911. The summed E-state index contributed by atoms with van der Waals surface area (Å²) in [7, 11) is 0. The van der Waals surface area contributed by atoms with Crippen LogP contribution in [0.25, 0.3) is 0 Å². The lowest BCUT2D eigenvalue weighted by Gasteiger charge is -2.41. The van der Waals surface area contributed by atoms with E-state index in [1.54, 1.807) is 36.9 Å². The molecule has 0 radical (unpaired) electrons. The van der Waals surface area contributed by atoms with Gasteiger partial charge in [0.05, 0.1) is 0 Å². The van der Waals surface area contributed by atoms with Gasteiger partial charge in [-0.3, -0.25) is 4.79 Å². The van der Waals surface area contributed by atoms with Crippen molar-refractivity contribution in [2.75, 3.05) is 31.1 Å². The first-order valence-corrected chi connectivity index (χ1v) is 9.53. The Balaban J connectivity index is 2.28. The average Bonchev–Trinajstić information content (AvgIpc) is 2.74. The van der Waals surface area contributed by atoms with E-state index in [1.807, 2.05) is 0 Å². The first-order valence-electron chi connectivity index (χ1n) is 9.53. The molecule has 1 aromatic carbocycles. The number of nitrogens with zero attached hydrogens (tertiary/aromatic N) is 2. The smallest absolute Gasteiger partial charge is 0.368 e. The third kappa shape index (κ3) is 4.04. The van der Waals surface area contributed by atoms with Gasteiger partial charge < -0.3 is 9.80 Å². The molecule has 0 spiro atoms. The number of amides is 1. The zero-order valence-electron chi connectivity index (χ0n) is 17.5. The van der Waals surface area contributed by atoms with Crippen molar-refractivity contribution in [2.45, 2.75) is 49.9 Å². The van der Waals surface area contributed by atoms with Crippen molar-refractivity contribution >= 4 is 11.6 Å². The van der Waals surface area contributed by atoms with Crippen LogP contribution in [0.15, 0.2) is 18.2 Å². The van der Waals surface area contributed by atoms with Crippen LogP contribution in [0.1, 0.15) is 11.1 Å². The summed E-state index contributed by atoms with van der Waals surface area (Å²) in [5.41, 5.74) is 2.21. The number of carbonyl (C=O) groups excluding carboxylic acids is 1. The lowest BCUT2D eigenvalue weighted by Crippen LogP contribution is -2.71. The predicted molar refractivity (Wildman–Crippen MR) is 95.4 cm³/mol. The van der Waals surface area contributed by atoms with E-state index in [-0.39, 0.29) is 18.0 Å². The number of aryl methyl sites for hydroxylation is 1. The van der Waals surface area contributed by atoms with Gasteiger partial charge in [0.15, 0.2) is 0 Å². The van der Waals surface area contributed by atoms with E-state index in [4.69, 9.17) is 0 Å². The highest BCUT2D eigenvalue weighted by molar-refractivity contribution is 5.85. The summed E-state index contributed by atoms with van der Waals surface area (Å²) in [4.78, 5) is 13.5. The van der Waals surface area contributed by atoms with Crippen LogP contribution in [0.5, 0.6) is 0 Å². The molecule has 1 heterocycles. The van der Waals surface area contributed by atoms with E-state index in [2.05, 4.69) is 0 Å². The van der Waals surface area contributed by atoms with Crippen LogP contribution < -0.4 is 4.90 Å². The monoisotopic (exact) mass is 518 g/mol. The molecule has 1 amide bonds. The molecule has 1 saturated heterocycles. The number of hydrogen-bond donors (Lipinski definition) is 0. The Kier molecular flexibility index (Phi) is 7.14. The molecule has 1 fully saturated rings. The van der Waals surface area contributed by atoms with Crippen LogP contribution in [-0.4, -0.2) is 73.0 Å². The number of benzene rings is 1. The van der Waals surface area contributed by atoms with E-state index in [0.717, 1.165) is 11.1 Å². The van der Waals surface area contributed by atoms with Crippen molar-refractivity contribution in [3.63, 3.8) is 0 Å². The zero-order chi connectivity index (χ0) is 26.5. The lowest BCUT2D eigenvalue weighted by atomic mass is 9.93. The van der Waals surface area contributed by atoms with E-state index >= 15 is 0 Å². The van der Waals surface area contributed by atoms with E-state index in [9.17, 15) is 57.5 Å². The second-order valence-corrected chi connectivity index (χ2v) is 7.72. The van der Waals surface area contributed by atoms with Crippen LogP contribution in [0.3, 0.4) is 0 Å². The van der Waals surface area contributed by atoms with Crippen LogP contribution in [0.4, 0.5) is 58.4 Å². The molecule has 0 aromatic heterocycles. The Hall–Kier alpha value is -2.35. The second-order valence-electron chi connectivity index (χ2n) is 7.72. The van der Waals surface area contributed by atoms with Gasteiger partial charge in [0.1, 0.15) is 0 Å². The molecule has 0 atom stereocenters. The van der Waals surface area contributed by atoms with E-state index in [1.165, 1.54) is 0 Å². The SMILES string of the molecule is Cc1cccc(N2CCN(C(=O)C(F)(F)C(F)(F)C(F)(F)C(F)(F)C(F)(F)C(F)F)CC2)c1C. The summed E-state index contributed by atoms with van der Waals surface area (Å²) in [6.45, 7) is 1.53. The fourth-order valence-corrected chi connectivity index (χ4v) is 3.30. The average molecular weight is 518 g/mol. The quantitative estimate of drug-likeness (QED) is 0.452. The van der Waals surface area contributed by atoms with Gasteiger partial charge in [-0.05, 0) is 31.0 Å². The van der Waals surface area contributed by atoms with Crippen molar-refractivity contribution in [1.29, 1.82) is 0 Å². The van der Waals surface area contributed by atoms with Gasteiger partial charge in [-0.25, -0.2) is 8.78 Å². The zero-order valence-corrected chi connectivity index (χ0v) is 17.5. The molecule has 1 aliphatic rings. The van der Waals surface area contributed by atoms with Crippen molar-refractivity contribution in [3.8, 4) is 0 Å². The summed E-state index contributed by atoms with van der Waals surface area (Å²) in [5, 5.41) is 0. The molecule has 0 saturated carbocycles. The molecular formula is C19H18F12N2O. The molecular weight excluding hydrogens is 500 g/mol. The predicted octanol–water partition coefficient (Wildman–Crippen LogP) is 5.39. The Morgan fingerprint density at radius 1 is 0.794 bits per heavy atom. The molecule has 3 nitrogen and oxygen atoms in total. The third-order valence-corrected chi connectivity index (χ3v) is 5.63. The van der Waals surface area contributed by atoms with Crippen LogP contribution in [-0.2, 0) is 4.79 Å². The highest BCUT2D eigenvalue weighted by Gasteiger charge is 2.89. The molecule has 0 bridgehead atoms. The molecule has 0 aliphatic carbocycles. The number of piperazine rings is 1. The Labute approximate surface area is 185 Å². The van der Waals surface area contributed by atoms with Crippen molar-refractivity contribution in [1.82, 2.24) is 4.90 Å². The van der Waals surface area contributed by atoms with E-state index < -0.39 is 55.0 Å². The molecule has 194 valence electrons. The number of anilines is 1. The largest absolute Gasteiger partial charge is 0.392 e. The highest BCUT2D eigenvalue weighted by atomic mass is 19.4. The van der Waals surface area contributed by atoms with Gasteiger partial charge in [0, 0.05) is 31.9 Å². The van der Waals surface area contributed by atoms with Crippen LogP contribution in [0, 0.1) is 13.8 Å². The Morgan fingerprint density at radius 2 is 1.29 bits per heavy atom. The molecule has 0 N–H and O–H groups in total.